The van der Waals surface area contributed by atoms with E-state index in [1.807, 2.05) is 19.1 Å². The lowest BCUT2D eigenvalue weighted by molar-refractivity contribution is 0.346. The minimum absolute atomic E-state index is 0.00535. The Morgan fingerprint density at radius 2 is 2.31 bits per heavy atom. The van der Waals surface area contributed by atoms with Crippen molar-refractivity contribution in [3.8, 4) is 0 Å². The van der Waals surface area contributed by atoms with Gasteiger partial charge < -0.3 is 9.73 Å². The molecule has 1 N–H and O–H groups in total. The van der Waals surface area contributed by atoms with E-state index >= 15 is 0 Å². The van der Waals surface area contributed by atoms with E-state index in [9.17, 15) is 0 Å². The van der Waals surface area contributed by atoms with Gasteiger partial charge in [0.05, 0.1) is 5.54 Å². The van der Waals surface area contributed by atoms with Gasteiger partial charge in [-0.2, -0.15) is 0 Å². The second-order valence-electron chi connectivity index (χ2n) is 4.81. The Bertz CT molecular complexity index is 524. The van der Waals surface area contributed by atoms with E-state index in [1.165, 1.54) is 6.42 Å². The lowest BCUT2D eigenvalue weighted by Gasteiger charge is -2.20. The van der Waals surface area contributed by atoms with Gasteiger partial charge in [-0.1, -0.05) is 0 Å². The molecular weight excluding hydrogens is 200 g/mol. The first-order valence-electron chi connectivity index (χ1n) is 5.80. The highest BCUT2D eigenvalue weighted by Gasteiger charge is 2.33. The quantitative estimate of drug-likeness (QED) is 0.796. The predicted octanol–water partition coefficient (Wildman–Crippen LogP) is 2.73. The van der Waals surface area contributed by atoms with E-state index in [2.05, 4.69) is 23.3 Å². The number of rotatable bonds is 1. The molecule has 0 saturated carbocycles. The summed E-state index contributed by atoms with van der Waals surface area (Å²) < 4.78 is 5.88. The highest BCUT2D eigenvalue weighted by molar-refractivity contribution is 5.73. The standard InChI is InChI=1S/C13H16N2O/c1-9-4-5-11-10(15-9)8-12(16-11)13(2)6-3-7-14-13/h4-5,8,14H,3,6-7H2,1-2H3/t13-/m0/s1. The summed E-state index contributed by atoms with van der Waals surface area (Å²) in [5.74, 6) is 1.01. The minimum atomic E-state index is -0.00535. The van der Waals surface area contributed by atoms with Gasteiger partial charge in [0.1, 0.15) is 11.3 Å². The molecule has 3 nitrogen and oxygen atoms in total. The summed E-state index contributed by atoms with van der Waals surface area (Å²) in [6.45, 7) is 5.27. The molecule has 0 aromatic carbocycles. The number of hydrogen-bond acceptors (Lipinski definition) is 3. The van der Waals surface area contributed by atoms with Crippen molar-refractivity contribution in [2.75, 3.05) is 6.54 Å². The van der Waals surface area contributed by atoms with E-state index in [1.54, 1.807) is 0 Å². The highest BCUT2D eigenvalue weighted by Crippen LogP contribution is 2.33. The first-order valence-corrected chi connectivity index (χ1v) is 5.80. The third-order valence-corrected chi connectivity index (χ3v) is 3.43. The lowest BCUT2D eigenvalue weighted by atomic mass is 9.97. The zero-order valence-electron chi connectivity index (χ0n) is 9.71. The van der Waals surface area contributed by atoms with Crippen LogP contribution in [0.5, 0.6) is 0 Å². The second kappa shape index (κ2) is 3.32. The fourth-order valence-electron chi connectivity index (χ4n) is 2.40. The van der Waals surface area contributed by atoms with Gasteiger partial charge in [-0.15, -0.1) is 0 Å². The van der Waals surface area contributed by atoms with E-state index in [-0.39, 0.29) is 5.54 Å². The van der Waals surface area contributed by atoms with Crippen LogP contribution in [-0.4, -0.2) is 11.5 Å². The molecule has 84 valence electrons. The van der Waals surface area contributed by atoms with Crippen LogP contribution in [0.2, 0.25) is 0 Å². The summed E-state index contributed by atoms with van der Waals surface area (Å²) in [4.78, 5) is 4.48. The molecule has 1 fully saturated rings. The number of aromatic nitrogens is 1. The van der Waals surface area contributed by atoms with Crippen molar-refractivity contribution in [2.45, 2.75) is 32.2 Å². The van der Waals surface area contributed by atoms with Crippen LogP contribution >= 0.6 is 0 Å². The van der Waals surface area contributed by atoms with E-state index in [4.69, 9.17) is 4.42 Å². The topological polar surface area (TPSA) is 38.1 Å². The van der Waals surface area contributed by atoms with Gasteiger partial charge in [-0.05, 0) is 45.4 Å². The van der Waals surface area contributed by atoms with Crippen molar-refractivity contribution >= 4 is 11.1 Å². The van der Waals surface area contributed by atoms with Gasteiger partial charge in [0.25, 0.3) is 0 Å². The average Bonchev–Trinajstić information content (AvgIpc) is 2.84. The molecule has 0 radical (unpaired) electrons. The summed E-state index contributed by atoms with van der Waals surface area (Å²) in [5, 5.41) is 3.50. The lowest BCUT2D eigenvalue weighted by Crippen LogP contribution is -2.32. The van der Waals surface area contributed by atoms with Crippen molar-refractivity contribution in [3.05, 3.63) is 29.7 Å². The Kier molecular flexibility index (Phi) is 2.04. The van der Waals surface area contributed by atoms with Crippen LogP contribution in [0.1, 0.15) is 31.2 Å². The molecule has 1 aliphatic heterocycles. The second-order valence-corrected chi connectivity index (χ2v) is 4.81. The molecule has 16 heavy (non-hydrogen) atoms. The molecule has 3 rings (SSSR count). The van der Waals surface area contributed by atoms with Crippen LogP contribution in [0.25, 0.3) is 11.1 Å². The van der Waals surface area contributed by atoms with Crippen molar-refractivity contribution < 1.29 is 4.42 Å². The number of furan rings is 1. The minimum Gasteiger partial charge on any atom is -0.457 e. The number of pyridine rings is 1. The number of hydrogen-bond donors (Lipinski definition) is 1. The highest BCUT2D eigenvalue weighted by atomic mass is 16.3. The Hall–Kier alpha value is -1.35. The molecule has 1 saturated heterocycles. The predicted molar refractivity (Wildman–Crippen MR) is 63.3 cm³/mol. The number of fused-ring (bicyclic) bond motifs is 1. The Morgan fingerprint density at radius 3 is 3.06 bits per heavy atom. The maximum atomic E-state index is 5.88. The van der Waals surface area contributed by atoms with E-state index < -0.39 is 0 Å². The third kappa shape index (κ3) is 1.43. The fraction of sp³-hybridized carbons (Fsp3) is 0.462. The molecular formula is C13H16N2O. The molecule has 1 aliphatic rings. The van der Waals surface area contributed by atoms with Crippen molar-refractivity contribution in [1.29, 1.82) is 0 Å². The van der Waals surface area contributed by atoms with Crippen LogP contribution in [-0.2, 0) is 5.54 Å². The van der Waals surface area contributed by atoms with Gasteiger partial charge in [-0.3, -0.25) is 0 Å². The molecule has 2 aromatic heterocycles. The molecule has 0 unspecified atom stereocenters. The first kappa shape index (κ1) is 9.85. The summed E-state index contributed by atoms with van der Waals surface area (Å²) in [5.41, 5.74) is 2.87. The molecule has 3 heteroatoms. The molecule has 0 amide bonds. The molecule has 0 spiro atoms. The molecule has 2 aromatic rings. The summed E-state index contributed by atoms with van der Waals surface area (Å²) in [6, 6.07) is 6.06. The maximum Gasteiger partial charge on any atom is 0.152 e. The number of nitrogens with zero attached hydrogens (tertiary/aromatic N) is 1. The van der Waals surface area contributed by atoms with Crippen LogP contribution in [0, 0.1) is 6.92 Å². The Balaban J connectivity index is 2.11. The number of nitrogens with one attached hydrogen (secondary N) is 1. The summed E-state index contributed by atoms with van der Waals surface area (Å²) >= 11 is 0. The average molecular weight is 216 g/mol. The summed E-state index contributed by atoms with van der Waals surface area (Å²) in [6.07, 6.45) is 2.34. The van der Waals surface area contributed by atoms with Crippen molar-refractivity contribution in [2.24, 2.45) is 0 Å². The number of aryl methyl sites for hydroxylation is 1. The zero-order chi connectivity index (χ0) is 11.2. The normalized spacial score (nSPS) is 25.4. The monoisotopic (exact) mass is 216 g/mol. The van der Waals surface area contributed by atoms with E-state index in [0.717, 1.165) is 35.5 Å². The smallest absolute Gasteiger partial charge is 0.152 e. The van der Waals surface area contributed by atoms with Crippen LogP contribution in [0.15, 0.2) is 22.6 Å². The van der Waals surface area contributed by atoms with Crippen LogP contribution in [0.3, 0.4) is 0 Å². The van der Waals surface area contributed by atoms with Gasteiger partial charge in [0.15, 0.2) is 5.58 Å². The molecule has 3 heterocycles. The van der Waals surface area contributed by atoms with Gasteiger partial charge in [0.2, 0.25) is 0 Å². The van der Waals surface area contributed by atoms with Gasteiger partial charge in [0, 0.05) is 11.8 Å². The largest absolute Gasteiger partial charge is 0.457 e. The van der Waals surface area contributed by atoms with Crippen LogP contribution < -0.4 is 5.32 Å². The fourth-order valence-corrected chi connectivity index (χ4v) is 2.40. The SMILES string of the molecule is Cc1ccc2oc([C@]3(C)CCCN3)cc2n1. The Morgan fingerprint density at radius 1 is 1.44 bits per heavy atom. The zero-order valence-corrected chi connectivity index (χ0v) is 9.71. The summed E-state index contributed by atoms with van der Waals surface area (Å²) in [7, 11) is 0. The first-order chi connectivity index (χ1) is 7.67. The van der Waals surface area contributed by atoms with E-state index in [0.29, 0.717) is 0 Å². The Labute approximate surface area is 94.9 Å². The van der Waals surface area contributed by atoms with Gasteiger partial charge >= 0.3 is 0 Å². The van der Waals surface area contributed by atoms with Crippen LogP contribution in [0.4, 0.5) is 0 Å². The molecule has 0 aliphatic carbocycles. The van der Waals surface area contributed by atoms with Crippen molar-refractivity contribution in [3.63, 3.8) is 0 Å². The molecule has 1 atom stereocenters. The van der Waals surface area contributed by atoms with Crippen molar-refractivity contribution in [1.82, 2.24) is 10.3 Å². The molecule has 0 bridgehead atoms. The third-order valence-electron chi connectivity index (χ3n) is 3.43. The maximum absolute atomic E-state index is 5.88. The van der Waals surface area contributed by atoms with Gasteiger partial charge in [-0.25, -0.2) is 4.98 Å².